The molecule has 2 heterocycles. The smallest absolute Gasteiger partial charge is 0.246 e. The highest BCUT2D eigenvalue weighted by atomic mass is 35.5. The van der Waals surface area contributed by atoms with Crippen molar-refractivity contribution in [2.24, 2.45) is 23.7 Å². The van der Waals surface area contributed by atoms with Crippen molar-refractivity contribution in [3.63, 3.8) is 0 Å². The highest BCUT2D eigenvalue weighted by Gasteiger charge is 2.70. The van der Waals surface area contributed by atoms with Gasteiger partial charge in [-0.05, 0) is 96.6 Å². The maximum Gasteiger partial charge on any atom is 0.246 e. The van der Waals surface area contributed by atoms with Crippen LogP contribution in [0, 0.1) is 23.7 Å². The molecule has 1 saturated carbocycles. The molecule has 3 fully saturated rings. The van der Waals surface area contributed by atoms with Gasteiger partial charge in [-0.2, -0.15) is 0 Å². The summed E-state index contributed by atoms with van der Waals surface area (Å²) in [4.78, 5) is 62.0. The molecule has 1 N–H and O–H groups in total. The lowest BCUT2D eigenvalue weighted by Gasteiger charge is -2.50. The SMILES string of the molecule is COc1ccc(OC)c(C=Cc2ccc(N3C(=O)C4CC=C5C(CC6C(=O)N(c7cccc(Cl)c7)C(=O)C6(c6ccccc6)C5c5cc(Cl)ccc5O)C4C3=O)cc2)c1. The summed E-state index contributed by atoms with van der Waals surface area (Å²) in [5.41, 5.74) is 2.54. The molecule has 5 aromatic carbocycles. The van der Waals surface area contributed by atoms with E-state index in [9.17, 15) is 19.5 Å². The number of methoxy groups -OCH3 is 2. The molecule has 11 heteroatoms. The van der Waals surface area contributed by atoms with E-state index in [1.165, 1.54) is 15.9 Å². The summed E-state index contributed by atoms with van der Waals surface area (Å²) in [6.45, 7) is 0. The van der Waals surface area contributed by atoms with Crippen LogP contribution in [0.15, 0.2) is 127 Å². The van der Waals surface area contributed by atoms with Gasteiger partial charge in [0.25, 0.3) is 0 Å². The second kappa shape index (κ2) is 14.9. The number of allylic oxidation sites excluding steroid dienone is 2. The van der Waals surface area contributed by atoms with Crippen LogP contribution in [0.25, 0.3) is 12.2 Å². The summed E-state index contributed by atoms with van der Waals surface area (Å²) in [6, 6.07) is 33.1. The van der Waals surface area contributed by atoms with Gasteiger partial charge in [0.1, 0.15) is 17.2 Å². The number of carbonyl (C=O) groups is 4. The summed E-state index contributed by atoms with van der Waals surface area (Å²) in [5, 5.41) is 12.3. The van der Waals surface area contributed by atoms with Gasteiger partial charge in [0.2, 0.25) is 23.6 Å². The molecule has 2 saturated heterocycles. The van der Waals surface area contributed by atoms with Crippen molar-refractivity contribution < 1.29 is 33.8 Å². The molecule has 9 nitrogen and oxygen atoms in total. The van der Waals surface area contributed by atoms with Crippen LogP contribution in [0.2, 0.25) is 10.0 Å². The zero-order chi connectivity index (χ0) is 41.2. The predicted octanol–water partition coefficient (Wildman–Crippen LogP) is 9.25. The fourth-order valence-electron chi connectivity index (χ4n) is 9.99. The van der Waals surface area contributed by atoms with Crippen molar-refractivity contribution in [3.05, 3.63) is 159 Å². The van der Waals surface area contributed by atoms with Gasteiger partial charge in [-0.3, -0.25) is 24.1 Å². The zero-order valence-electron chi connectivity index (χ0n) is 32.0. The average Bonchev–Trinajstić information content (AvgIpc) is 3.64. The van der Waals surface area contributed by atoms with Gasteiger partial charge >= 0.3 is 0 Å². The summed E-state index contributed by atoms with van der Waals surface area (Å²) < 4.78 is 10.9. The number of imide groups is 2. The number of carbonyl (C=O) groups excluding carboxylic acids is 4. The van der Waals surface area contributed by atoms with Gasteiger partial charge in [-0.25, -0.2) is 4.90 Å². The quantitative estimate of drug-likeness (QED) is 0.0943. The first-order valence-corrected chi connectivity index (χ1v) is 20.1. The number of fused-ring (bicyclic) bond motifs is 4. The van der Waals surface area contributed by atoms with Gasteiger partial charge < -0.3 is 14.6 Å². The van der Waals surface area contributed by atoms with Crippen LogP contribution in [0.3, 0.4) is 0 Å². The molecule has 296 valence electrons. The molecule has 0 radical (unpaired) electrons. The summed E-state index contributed by atoms with van der Waals surface area (Å²) >= 11 is 13.1. The standard InChI is InChI=1S/C48H38Cl2N2O7/c1-58-34-18-22-41(59-2)28(23-34)14-11-27-12-16-32(17-13-27)51-44(54)36-20-19-35-37(42(36)46(51)56)26-39-45(55)52(33-10-6-9-30(49)24-33)47(57)48(39,29-7-4-3-5-8-29)43(35)38-25-31(50)15-21-40(38)53/h3-19,21-25,36-37,39,42-43,53H,20,26H2,1-2H3. The van der Waals surface area contributed by atoms with Gasteiger partial charge in [-0.15, -0.1) is 0 Å². The minimum atomic E-state index is -1.54. The molecule has 59 heavy (non-hydrogen) atoms. The van der Waals surface area contributed by atoms with E-state index >= 15 is 4.79 Å². The maximum absolute atomic E-state index is 15.4. The van der Waals surface area contributed by atoms with E-state index in [1.807, 2.05) is 78.9 Å². The van der Waals surface area contributed by atoms with Crippen LogP contribution in [0.1, 0.15) is 41.0 Å². The minimum absolute atomic E-state index is 0.104. The van der Waals surface area contributed by atoms with Crippen molar-refractivity contribution >= 4 is 70.4 Å². The first-order valence-electron chi connectivity index (χ1n) is 19.3. The van der Waals surface area contributed by atoms with Crippen LogP contribution >= 0.6 is 23.2 Å². The average molecular weight is 826 g/mol. The first-order chi connectivity index (χ1) is 28.6. The minimum Gasteiger partial charge on any atom is -0.508 e. The van der Waals surface area contributed by atoms with E-state index in [-0.39, 0.29) is 30.4 Å². The number of rotatable bonds is 8. The number of anilines is 2. The largest absolute Gasteiger partial charge is 0.508 e. The van der Waals surface area contributed by atoms with E-state index < -0.39 is 46.8 Å². The summed E-state index contributed by atoms with van der Waals surface area (Å²) in [7, 11) is 3.20. The van der Waals surface area contributed by atoms with Gasteiger partial charge in [0, 0.05) is 27.1 Å². The Morgan fingerprint density at radius 2 is 1.47 bits per heavy atom. The van der Waals surface area contributed by atoms with E-state index in [1.54, 1.807) is 62.8 Å². The monoisotopic (exact) mass is 824 g/mol. The third kappa shape index (κ3) is 6.05. The number of halogens is 2. The highest BCUT2D eigenvalue weighted by Crippen LogP contribution is 2.65. The molecule has 4 amide bonds. The Labute approximate surface area is 351 Å². The molecule has 2 aliphatic carbocycles. The normalized spacial score (nSPS) is 24.9. The lowest BCUT2D eigenvalue weighted by atomic mass is 9.49. The zero-order valence-corrected chi connectivity index (χ0v) is 33.6. The summed E-state index contributed by atoms with van der Waals surface area (Å²) in [5.74, 6) is -4.36. The van der Waals surface area contributed by atoms with Crippen LogP contribution in [-0.4, -0.2) is 43.0 Å². The topological polar surface area (TPSA) is 113 Å². The third-order valence-corrected chi connectivity index (χ3v) is 13.0. The van der Waals surface area contributed by atoms with E-state index in [2.05, 4.69) is 0 Å². The van der Waals surface area contributed by atoms with Crippen LogP contribution in [-0.2, 0) is 24.6 Å². The molecule has 0 bridgehead atoms. The third-order valence-electron chi connectivity index (χ3n) is 12.5. The predicted molar refractivity (Wildman–Crippen MR) is 227 cm³/mol. The molecule has 6 unspecified atom stereocenters. The molecule has 2 aliphatic heterocycles. The lowest BCUT2D eigenvalue weighted by molar-refractivity contribution is -0.127. The number of hydrogen-bond donors (Lipinski definition) is 1. The molecule has 6 atom stereocenters. The maximum atomic E-state index is 15.4. The number of amides is 4. The van der Waals surface area contributed by atoms with E-state index in [4.69, 9.17) is 32.7 Å². The van der Waals surface area contributed by atoms with Gasteiger partial charge in [0.05, 0.1) is 48.8 Å². The molecule has 0 spiro atoms. The number of phenolic OH excluding ortho intramolecular Hbond substituents is 1. The Kier molecular flexibility index (Phi) is 9.69. The van der Waals surface area contributed by atoms with Gasteiger partial charge in [0.15, 0.2) is 0 Å². The fourth-order valence-corrected chi connectivity index (χ4v) is 10.4. The number of aromatic hydroxyl groups is 1. The van der Waals surface area contributed by atoms with Crippen molar-refractivity contribution in [2.45, 2.75) is 24.2 Å². The summed E-state index contributed by atoms with van der Waals surface area (Å²) in [6.07, 6.45) is 6.11. The number of ether oxygens (including phenoxy) is 2. The molecule has 0 aromatic heterocycles. The van der Waals surface area contributed by atoms with Crippen molar-refractivity contribution in [3.8, 4) is 17.2 Å². The molecule has 9 rings (SSSR count). The Morgan fingerprint density at radius 3 is 2.20 bits per heavy atom. The number of phenols is 1. The second-order valence-electron chi connectivity index (χ2n) is 15.3. The highest BCUT2D eigenvalue weighted by molar-refractivity contribution is 6.32. The van der Waals surface area contributed by atoms with Crippen LogP contribution < -0.4 is 19.3 Å². The Bertz CT molecular complexity index is 2610. The number of hydrogen-bond acceptors (Lipinski definition) is 7. The van der Waals surface area contributed by atoms with Crippen molar-refractivity contribution in [1.82, 2.24) is 0 Å². The van der Waals surface area contributed by atoms with Crippen molar-refractivity contribution in [1.29, 1.82) is 0 Å². The van der Waals surface area contributed by atoms with Gasteiger partial charge in [-0.1, -0.05) is 95.5 Å². The fraction of sp³-hybridized carbons (Fsp3) is 0.208. The van der Waals surface area contributed by atoms with Crippen LogP contribution in [0.5, 0.6) is 17.2 Å². The van der Waals surface area contributed by atoms with Crippen LogP contribution in [0.4, 0.5) is 11.4 Å². The lowest BCUT2D eigenvalue weighted by Crippen LogP contribution is -2.53. The number of benzene rings is 5. The molecular formula is C48H38Cl2N2O7. The Balaban J connectivity index is 1.12. The second-order valence-corrected chi connectivity index (χ2v) is 16.2. The first kappa shape index (κ1) is 38.4. The van der Waals surface area contributed by atoms with E-state index in [0.29, 0.717) is 44.0 Å². The Hall–Kier alpha value is -6.16. The van der Waals surface area contributed by atoms with Crippen molar-refractivity contribution in [2.75, 3.05) is 24.0 Å². The number of nitrogens with zero attached hydrogens (tertiary/aromatic N) is 2. The molecule has 5 aromatic rings. The molecular weight excluding hydrogens is 787 g/mol. The van der Waals surface area contributed by atoms with E-state index in [0.717, 1.165) is 16.7 Å². The molecule has 4 aliphatic rings. The Morgan fingerprint density at radius 1 is 0.712 bits per heavy atom.